The molecule has 0 heterocycles. The molecule has 1 aliphatic carbocycles. The molecule has 2 rings (SSSR count). The predicted molar refractivity (Wildman–Crippen MR) is 68.6 cm³/mol. The molecular formula is C12H14ClFN2O2. The van der Waals surface area contributed by atoms with Crippen molar-refractivity contribution in [3.63, 3.8) is 0 Å². The second-order valence-electron chi connectivity index (χ2n) is 4.65. The third kappa shape index (κ3) is 2.27. The first-order valence-corrected chi connectivity index (χ1v) is 6.27. The molecule has 1 aliphatic rings. The van der Waals surface area contributed by atoms with Crippen LogP contribution in [0.15, 0.2) is 12.1 Å². The average Bonchev–Trinajstić information content (AvgIpc) is 2.27. The van der Waals surface area contributed by atoms with Crippen LogP contribution in [0.5, 0.6) is 0 Å². The van der Waals surface area contributed by atoms with Gasteiger partial charge in [-0.2, -0.15) is 0 Å². The first-order chi connectivity index (χ1) is 8.47. The van der Waals surface area contributed by atoms with E-state index in [9.17, 15) is 14.5 Å². The molecule has 1 saturated carbocycles. The largest absolute Gasteiger partial charge is 0.374 e. The van der Waals surface area contributed by atoms with Crippen LogP contribution in [0.25, 0.3) is 0 Å². The standard InChI is InChI=1S/C12H14ClFN2O2/c1-2-12(4-3-5-12)15-10-7-9(14)8(13)6-11(10)16(17)18/h6-7,15H,2-5H2,1H3. The number of nitrogens with zero attached hydrogens (tertiary/aromatic N) is 1. The zero-order valence-corrected chi connectivity index (χ0v) is 10.8. The first kappa shape index (κ1) is 13.1. The van der Waals surface area contributed by atoms with Gasteiger partial charge in [0.05, 0.1) is 9.95 Å². The van der Waals surface area contributed by atoms with Gasteiger partial charge in [0.1, 0.15) is 11.5 Å². The first-order valence-electron chi connectivity index (χ1n) is 5.89. The summed E-state index contributed by atoms with van der Waals surface area (Å²) in [5.41, 5.74) is -0.102. The Balaban J connectivity index is 2.36. The summed E-state index contributed by atoms with van der Waals surface area (Å²) in [6.45, 7) is 2.02. The molecular weight excluding hydrogens is 259 g/mol. The number of hydrogen-bond donors (Lipinski definition) is 1. The van der Waals surface area contributed by atoms with Gasteiger partial charge >= 0.3 is 0 Å². The zero-order chi connectivity index (χ0) is 13.3. The predicted octanol–water partition coefficient (Wildman–Crippen LogP) is 4.13. The number of nitro benzene ring substituents is 1. The minimum Gasteiger partial charge on any atom is -0.374 e. The maximum Gasteiger partial charge on any atom is 0.294 e. The van der Waals surface area contributed by atoms with Gasteiger partial charge in [0.25, 0.3) is 5.69 Å². The lowest BCUT2D eigenvalue weighted by atomic mass is 9.74. The van der Waals surface area contributed by atoms with Crippen LogP contribution in [0.4, 0.5) is 15.8 Å². The Bertz CT molecular complexity index is 484. The molecule has 0 spiro atoms. The Labute approximate surface area is 109 Å². The summed E-state index contributed by atoms with van der Waals surface area (Å²) in [4.78, 5) is 10.4. The number of nitrogens with one attached hydrogen (secondary N) is 1. The van der Waals surface area contributed by atoms with E-state index in [1.165, 1.54) is 0 Å². The summed E-state index contributed by atoms with van der Waals surface area (Å²) in [5, 5.41) is 13.8. The van der Waals surface area contributed by atoms with Crippen molar-refractivity contribution in [3.8, 4) is 0 Å². The Kier molecular flexibility index (Phi) is 3.43. The fraction of sp³-hybridized carbons (Fsp3) is 0.500. The van der Waals surface area contributed by atoms with Crippen LogP contribution in [0.2, 0.25) is 5.02 Å². The number of rotatable bonds is 4. The van der Waals surface area contributed by atoms with Crippen LogP contribution in [0.1, 0.15) is 32.6 Å². The molecule has 0 saturated heterocycles. The van der Waals surface area contributed by atoms with Crippen molar-refractivity contribution in [3.05, 3.63) is 33.1 Å². The molecule has 1 N–H and O–H groups in total. The van der Waals surface area contributed by atoms with Gasteiger partial charge in [-0.1, -0.05) is 18.5 Å². The van der Waals surface area contributed by atoms with Gasteiger partial charge in [0.2, 0.25) is 0 Å². The Morgan fingerprint density at radius 1 is 1.56 bits per heavy atom. The monoisotopic (exact) mass is 272 g/mol. The van der Waals surface area contributed by atoms with Crippen LogP contribution < -0.4 is 5.32 Å². The minimum atomic E-state index is -0.643. The van der Waals surface area contributed by atoms with E-state index in [1.54, 1.807) is 0 Å². The summed E-state index contributed by atoms with van der Waals surface area (Å²) in [5.74, 6) is -0.643. The fourth-order valence-corrected chi connectivity index (χ4v) is 2.40. The van der Waals surface area contributed by atoms with Crippen LogP contribution in [0, 0.1) is 15.9 Å². The highest BCUT2D eigenvalue weighted by atomic mass is 35.5. The molecule has 1 aromatic carbocycles. The van der Waals surface area contributed by atoms with Gasteiger partial charge in [-0.25, -0.2) is 4.39 Å². The zero-order valence-electron chi connectivity index (χ0n) is 10.0. The van der Waals surface area contributed by atoms with E-state index < -0.39 is 10.7 Å². The molecule has 0 atom stereocenters. The van der Waals surface area contributed by atoms with E-state index in [2.05, 4.69) is 5.32 Å². The third-order valence-corrected chi connectivity index (χ3v) is 3.91. The summed E-state index contributed by atoms with van der Waals surface area (Å²) >= 11 is 5.58. The molecule has 0 aliphatic heterocycles. The Morgan fingerprint density at radius 3 is 2.67 bits per heavy atom. The van der Waals surface area contributed by atoms with E-state index in [-0.39, 0.29) is 21.9 Å². The van der Waals surface area contributed by atoms with Crippen molar-refractivity contribution in [1.82, 2.24) is 0 Å². The van der Waals surface area contributed by atoms with Gasteiger partial charge in [-0.15, -0.1) is 0 Å². The van der Waals surface area contributed by atoms with Crippen molar-refractivity contribution >= 4 is 23.0 Å². The summed E-state index contributed by atoms with van der Waals surface area (Å²) in [6, 6.07) is 2.16. The van der Waals surface area contributed by atoms with Crippen LogP contribution >= 0.6 is 11.6 Å². The highest BCUT2D eigenvalue weighted by molar-refractivity contribution is 6.31. The second-order valence-corrected chi connectivity index (χ2v) is 5.06. The number of anilines is 1. The highest BCUT2D eigenvalue weighted by Gasteiger charge is 2.36. The van der Waals surface area contributed by atoms with E-state index in [4.69, 9.17) is 11.6 Å². The lowest BCUT2D eigenvalue weighted by Crippen LogP contribution is -2.44. The summed E-state index contributed by atoms with van der Waals surface area (Å²) < 4.78 is 13.4. The van der Waals surface area contributed by atoms with E-state index in [0.717, 1.165) is 37.8 Å². The van der Waals surface area contributed by atoms with Gasteiger partial charge in [0, 0.05) is 17.7 Å². The SMILES string of the molecule is CCC1(Nc2cc(F)c(Cl)cc2[N+](=O)[O-])CCC1. The number of benzene rings is 1. The lowest BCUT2D eigenvalue weighted by molar-refractivity contribution is -0.384. The van der Waals surface area contributed by atoms with Crippen LogP contribution in [-0.2, 0) is 0 Å². The maximum atomic E-state index is 13.4. The topological polar surface area (TPSA) is 55.2 Å². The van der Waals surface area contributed by atoms with E-state index >= 15 is 0 Å². The quantitative estimate of drug-likeness (QED) is 0.662. The molecule has 0 aromatic heterocycles. The van der Waals surface area contributed by atoms with Crippen molar-refractivity contribution in [2.24, 2.45) is 0 Å². The van der Waals surface area contributed by atoms with Crippen LogP contribution in [0.3, 0.4) is 0 Å². The van der Waals surface area contributed by atoms with Gasteiger partial charge in [-0.3, -0.25) is 10.1 Å². The highest BCUT2D eigenvalue weighted by Crippen LogP contribution is 2.41. The van der Waals surface area contributed by atoms with Crippen LogP contribution in [-0.4, -0.2) is 10.5 Å². The van der Waals surface area contributed by atoms with Crippen molar-refractivity contribution in [1.29, 1.82) is 0 Å². The summed E-state index contributed by atoms with van der Waals surface area (Å²) in [6.07, 6.45) is 3.84. The van der Waals surface area contributed by atoms with Crippen molar-refractivity contribution < 1.29 is 9.31 Å². The minimum absolute atomic E-state index is 0.134. The molecule has 0 amide bonds. The maximum absolute atomic E-state index is 13.4. The number of nitro groups is 1. The van der Waals surface area contributed by atoms with Gasteiger partial charge in [0.15, 0.2) is 0 Å². The molecule has 6 heteroatoms. The normalized spacial score (nSPS) is 17.1. The Morgan fingerprint density at radius 2 is 2.22 bits per heavy atom. The second kappa shape index (κ2) is 4.72. The number of hydrogen-bond acceptors (Lipinski definition) is 3. The summed E-state index contributed by atoms with van der Waals surface area (Å²) in [7, 11) is 0. The molecule has 1 fully saturated rings. The van der Waals surface area contributed by atoms with Crippen molar-refractivity contribution in [2.45, 2.75) is 38.1 Å². The molecule has 0 bridgehead atoms. The molecule has 0 unspecified atom stereocenters. The molecule has 4 nitrogen and oxygen atoms in total. The number of halogens is 2. The third-order valence-electron chi connectivity index (χ3n) is 3.62. The molecule has 98 valence electrons. The lowest BCUT2D eigenvalue weighted by Gasteiger charge is -2.42. The smallest absolute Gasteiger partial charge is 0.294 e. The van der Waals surface area contributed by atoms with Crippen molar-refractivity contribution in [2.75, 3.05) is 5.32 Å². The average molecular weight is 273 g/mol. The fourth-order valence-electron chi connectivity index (χ4n) is 2.24. The van der Waals surface area contributed by atoms with Gasteiger partial charge in [-0.05, 0) is 25.7 Å². The molecule has 18 heavy (non-hydrogen) atoms. The van der Waals surface area contributed by atoms with Gasteiger partial charge < -0.3 is 5.32 Å². The van der Waals surface area contributed by atoms with E-state index in [0.29, 0.717) is 0 Å². The molecule has 0 radical (unpaired) electrons. The van der Waals surface area contributed by atoms with E-state index in [1.807, 2.05) is 6.92 Å². The Hall–Kier alpha value is -1.36. The molecule has 1 aromatic rings.